The summed E-state index contributed by atoms with van der Waals surface area (Å²) in [7, 11) is 8.82. The molecule has 2 aromatic carbocycles. The molecule has 0 saturated carbocycles. The fourth-order valence-electron chi connectivity index (χ4n) is 5.07. The van der Waals surface area contributed by atoms with Crippen LogP contribution in [0.4, 0.5) is 0 Å². The highest BCUT2D eigenvalue weighted by molar-refractivity contribution is 9.10. The minimum atomic E-state index is -1.41. The van der Waals surface area contributed by atoms with E-state index in [1.54, 1.807) is 27.5 Å². The number of benzene rings is 2. The minimum Gasteiger partial charge on any atom is -0.493 e. The van der Waals surface area contributed by atoms with Crippen LogP contribution in [0.2, 0.25) is 0 Å². The van der Waals surface area contributed by atoms with Crippen LogP contribution in [0.15, 0.2) is 59.2 Å². The molecular formula is C31H36BrN3O4. The normalized spacial score (nSPS) is 13.8. The fraction of sp³-hybridized carbons (Fsp3) is 0.355. The van der Waals surface area contributed by atoms with Crippen molar-refractivity contribution in [2.75, 3.05) is 42.0 Å². The average Bonchev–Trinajstić information content (AvgIpc) is 2.92. The van der Waals surface area contributed by atoms with Gasteiger partial charge in [-0.3, -0.25) is 4.98 Å². The summed E-state index contributed by atoms with van der Waals surface area (Å²) in [5.74, 6) is 0.905. The number of pyridine rings is 2. The van der Waals surface area contributed by atoms with Gasteiger partial charge in [-0.25, -0.2) is 4.98 Å². The monoisotopic (exact) mass is 593 g/mol. The summed E-state index contributed by atoms with van der Waals surface area (Å²) in [5.41, 5.74) is 3.49. The molecule has 2 heterocycles. The van der Waals surface area contributed by atoms with Gasteiger partial charge >= 0.3 is 0 Å². The van der Waals surface area contributed by atoms with Gasteiger partial charge < -0.3 is 24.2 Å². The Morgan fingerprint density at radius 1 is 0.974 bits per heavy atom. The summed E-state index contributed by atoms with van der Waals surface area (Å²) in [5, 5.41) is 13.9. The molecule has 8 heteroatoms. The quantitative estimate of drug-likeness (QED) is 0.241. The van der Waals surface area contributed by atoms with Crippen molar-refractivity contribution >= 4 is 26.8 Å². The molecule has 7 nitrogen and oxygen atoms in total. The van der Waals surface area contributed by atoms with E-state index in [2.05, 4.69) is 25.8 Å². The molecule has 206 valence electrons. The third-order valence-corrected chi connectivity index (χ3v) is 7.77. The Labute approximate surface area is 238 Å². The van der Waals surface area contributed by atoms with E-state index in [1.807, 2.05) is 76.5 Å². The van der Waals surface area contributed by atoms with Crippen molar-refractivity contribution in [2.24, 2.45) is 0 Å². The summed E-state index contributed by atoms with van der Waals surface area (Å²) < 4.78 is 18.4. The number of nitrogens with zero attached hydrogens (tertiary/aromatic N) is 3. The van der Waals surface area contributed by atoms with Crippen LogP contribution in [-0.4, -0.2) is 61.9 Å². The number of halogens is 1. The van der Waals surface area contributed by atoms with Gasteiger partial charge in [0.15, 0.2) is 11.5 Å². The molecule has 0 amide bonds. The van der Waals surface area contributed by atoms with Gasteiger partial charge in [-0.15, -0.1) is 0 Å². The Morgan fingerprint density at radius 2 is 1.74 bits per heavy atom. The van der Waals surface area contributed by atoms with Gasteiger partial charge in [0, 0.05) is 45.0 Å². The number of methoxy groups -OCH3 is 3. The summed E-state index contributed by atoms with van der Waals surface area (Å²) >= 11 is 3.59. The van der Waals surface area contributed by atoms with Gasteiger partial charge in [0.1, 0.15) is 5.60 Å². The number of aryl methyl sites for hydroxylation is 2. The van der Waals surface area contributed by atoms with Gasteiger partial charge in [0.2, 0.25) is 5.88 Å². The Morgan fingerprint density at radius 3 is 2.38 bits per heavy atom. The number of hydrogen-bond donors (Lipinski definition) is 1. The van der Waals surface area contributed by atoms with Crippen LogP contribution >= 0.6 is 15.9 Å². The van der Waals surface area contributed by atoms with Crippen molar-refractivity contribution in [1.29, 1.82) is 0 Å². The molecular weight excluding hydrogens is 558 g/mol. The molecule has 4 rings (SSSR count). The van der Waals surface area contributed by atoms with Gasteiger partial charge in [0.05, 0.1) is 32.8 Å². The molecule has 4 aromatic rings. The Balaban J connectivity index is 2.12. The lowest BCUT2D eigenvalue weighted by Crippen LogP contribution is -2.38. The van der Waals surface area contributed by atoms with Crippen LogP contribution in [0.25, 0.3) is 10.9 Å². The molecule has 0 aliphatic rings. The maximum absolute atomic E-state index is 13.0. The van der Waals surface area contributed by atoms with E-state index in [9.17, 15) is 5.11 Å². The Hall–Kier alpha value is -3.20. The number of aliphatic hydroxyl groups is 1. The lowest BCUT2D eigenvalue weighted by Gasteiger charge is -2.39. The third-order valence-electron chi connectivity index (χ3n) is 7.28. The number of fused-ring (bicyclic) bond motifs is 1. The molecule has 39 heavy (non-hydrogen) atoms. The van der Waals surface area contributed by atoms with E-state index in [1.165, 1.54) is 0 Å². The van der Waals surface area contributed by atoms with Crippen molar-refractivity contribution in [1.82, 2.24) is 14.9 Å². The minimum absolute atomic E-state index is 0.412. The lowest BCUT2D eigenvalue weighted by atomic mass is 9.71. The number of ether oxygens (including phenoxy) is 3. The van der Waals surface area contributed by atoms with Crippen molar-refractivity contribution in [3.05, 3.63) is 87.1 Å². The smallest absolute Gasteiger partial charge is 0.217 e. The second-order valence-electron chi connectivity index (χ2n) is 10.0. The van der Waals surface area contributed by atoms with Crippen LogP contribution in [0, 0.1) is 13.8 Å². The summed E-state index contributed by atoms with van der Waals surface area (Å²) in [6.07, 6.45) is 2.18. The number of para-hydroxylation sites is 1. The maximum atomic E-state index is 13.0. The van der Waals surface area contributed by atoms with E-state index >= 15 is 0 Å². The molecule has 0 aliphatic heterocycles. The van der Waals surface area contributed by atoms with Crippen molar-refractivity contribution in [3.63, 3.8) is 0 Å². The maximum Gasteiger partial charge on any atom is 0.217 e. The standard InChI is InChI=1S/C31H36BrN3O4/c1-19-15-22(18-33-20(19)2)31(36,13-14-35(3)4)28(24-9-8-10-27(37-5)29(24)38-6)25-17-21-16-23(32)11-12-26(21)34-30(25)39-7/h8-12,15-18,28,36H,13-14H2,1-7H3/t28-,31-/m1/s1. The predicted molar refractivity (Wildman–Crippen MR) is 158 cm³/mol. The summed E-state index contributed by atoms with van der Waals surface area (Å²) in [6.45, 7) is 4.60. The molecule has 0 fully saturated rings. The number of hydrogen-bond acceptors (Lipinski definition) is 7. The van der Waals surface area contributed by atoms with Crippen molar-refractivity contribution in [3.8, 4) is 17.4 Å². The first-order valence-corrected chi connectivity index (χ1v) is 13.6. The van der Waals surface area contributed by atoms with Gasteiger partial charge in [-0.2, -0.15) is 0 Å². The van der Waals surface area contributed by atoms with Crippen LogP contribution in [0.3, 0.4) is 0 Å². The molecule has 0 bridgehead atoms. The van der Waals surface area contributed by atoms with E-state index in [0.717, 1.165) is 37.8 Å². The second-order valence-corrected chi connectivity index (χ2v) is 11.0. The highest BCUT2D eigenvalue weighted by Crippen LogP contribution is 2.51. The second kappa shape index (κ2) is 11.9. The third kappa shape index (κ3) is 5.73. The zero-order valence-electron chi connectivity index (χ0n) is 23.6. The zero-order chi connectivity index (χ0) is 28.3. The molecule has 2 aromatic heterocycles. The molecule has 0 aliphatic carbocycles. The fourth-order valence-corrected chi connectivity index (χ4v) is 5.45. The first kappa shape index (κ1) is 28.8. The largest absolute Gasteiger partial charge is 0.493 e. The highest BCUT2D eigenvalue weighted by atomic mass is 79.9. The Bertz CT molecular complexity index is 1480. The topological polar surface area (TPSA) is 76.9 Å². The molecule has 0 radical (unpaired) electrons. The van der Waals surface area contributed by atoms with Crippen molar-refractivity contribution < 1.29 is 19.3 Å². The predicted octanol–water partition coefficient (Wildman–Crippen LogP) is 6.01. The SMILES string of the molecule is COc1cccc([C@H](c2cc3cc(Br)ccc3nc2OC)[C@@](O)(CCN(C)C)c2cnc(C)c(C)c2)c1OC. The Kier molecular flexibility index (Phi) is 8.79. The van der Waals surface area contributed by atoms with Crippen LogP contribution in [0.5, 0.6) is 17.4 Å². The molecule has 1 N–H and O–H groups in total. The lowest BCUT2D eigenvalue weighted by molar-refractivity contribution is 0.00279. The molecule has 0 spiro atoms. The van der Waals surface area contributed by atoms with Gasteiger partial charge in [-0.1, -0.05) is 28.1 Å². The first-order chi connectivity index (χ1) is 18.6. The van der Waals surface area contributed by atoms with Crippen LogP contribution < -0.4 is 14.2 Å². The first-order valence-electron chi connectivity index (χ1n) is 12.8. The van der Waals surface area contributed by atoms with E-state index in [4.69, 9.17) is 19.2 Å². The van der Waals surface area contributed by atoms with Gasteiger partial charge in [0.25, 0.3) is 0 Å². The summed E-state index contributed by atoms with van der Waals surface area (Å²) in [4.78, 5) is 11.6. The van der Waals surface area contributed by atoms with E-state index in [0.29, 0.717) is 35.9 Å². The zero-order valence-corrected chi connectivity index (χ0v) is 25.2. The van der Waals surface area contributed by atoms with Gasteiger partial charge in [-0.05, 0) is 76.3 Å². The van der Waals surface area contributed by atoms with Crippen LogP contribution in [0.1, 0.15) is 40.3 Å². The van der Waals surface area contributed by atoms with Crippen molar-refractivity contribution in [2.45, 2.75) is 31.8 Å². The average molecular weight is 595 g/mol. The number of rotatable bonds is 10. The number of aromatic nitrogens is 2. The van der Waals surface area contributed by atoms with E-state index < -0.39 is 11.5 Å². The van der Waals surface area contributed by atoms with E-state index in [-0.39, 0.29) is 0 Å². The summed E-state index contributed by atoms with van der Waals surface area (Å²) in [6, 6.07) is 15.7. The molecule has 0 unspecified atom stereocenters. The highest BCUT2D eigenvalue weighted by Gasteiger charge is 2.44. The van der Waals surface area contributed by atoms with Crippen LogP contribution in [-0.2, 0) is 5.60 Å². The molecule has 0 saturated heterocycles. The molecule has 2 atom stereocenters.